The van der Waals surface area contributed by atoms with Crippen LogP contribution in [0.25, 0.3) is 22.4 Å². The molecular weight excluding hydrogens is 238 g/mol. The number of nitrogens with two attached hydrogens (primary N) is 1. The number of aryl methyl sites for hydroxylation is 2. The molecule has 0 saturated heterocycles. The number of fused-ring (bicyclic) bond motifs is 1. The SMILES string of the molecule is CCc1nnc(C)cc1-c1nc2ccc(N)cc2[nH]1. The molecular formula is C14H15N5. The van der Waals surface area contributed by atoms with Gasteiger partial charge in [0.25, 0.3) is 0 Å². The maximum atomic E-state index is 5.78. The van der Waals surface area contributed by atoms with E-state index in [-0.39, 0.29) is 0 Å². The van der Waals surface area contributed by atoms with Crippen molar-refractivity contribution in [3.63, 3.8) is 0 Å². The van der Waals surface area contributed by atoms with Crippen LogP contribution in [0.5, 0.6) is 0 Å². The third-order valence-corrected chi connectivity index (χ3v) is 3.09. The van der Waals surface area contributed by atoms with Gasteiger partial charge >= 0.3 is 0 Å². The predicted molar refractivity (Wildman–Crippen MR) is 75.6 cm³/mol. The highest BCUT2D eigenvalue weighted by Gasteiger charge is 2.11. The van der Waals surface area contributed by atoms with Gasteiger partial charge in [-0.2, -0.15) is 10.2 Å². The van der Waals surface area contributed by atoms with Gasteiger partial charge in [-0.25, -0.2) is 4.98 Å². The molecule has 3 aromatic rings. The lowest BCUT2D eigenvalue weighted by molar-refractivity contribution is 0.893. The zero-order valence-corrected chi connectivity index (χ0v) is 10.9. The second-order valence-electron chi connectivity index (χ2n) is 4.56. The number of nitrogens with zero attached hydrogens (tertiary/aromatic N) is 3. The van der Waals surface area contributed by atoms with Gasteiger partial charge in [-0.3, -0.25) is 0 Å². The quantitative estimate of drug-likeness (QED) is 0.687. The molecule has 0 aliphatic carbocycles. The first-order valence-electron chi connectivity index (χ1n) is 6.26. The molecule has 0 atom stereocenters. The van der Waals surface area contributed by atoms with E-state index < -0.39 is 0 Å². The summed E-state index contributed by atoms with van der Waals surface area (Å²) >= 11 is 0. The molecule has 0 saturated carbocycles. The number of anilines is 1. The summed E-state index contributed by atoms with van der Waals surface area (Å²) in [5.74, 6) is 0.815. The Bertz CT molecular complexity index is 745. The molecule has 2 aromatic heterocycles. The van der Waals surface area contributed by atoms with Gasteiger partial charge in [0.2, 0.25) is 0 Å². The molecule has 0 radical (unpaired) electrons. The first kappa shape index (κ1) is 11.6. The average molecular weight is 253 g/mol. The van der Waals surface area contributed by atoms with Gasteiger partial charge in [-0.05, 0) is 37.6 Å². The van der Waals surface area contributed by atoms with E-state index in [4.69, 9.17) is 5.73 Å². The molecule has 5 heteroatoms. The third kappa shape index (κ3) is 2.03. The van der Waals surface area contributed by atoms with E-state index >= 15 is 0 Å². The van der Waals surface area contributed by atoms with E-state index in [2.05, 4.69) is 27.1 Å². The van der Waals surface area contributed by atoms with Gasteiger partial charge in [0.1, 0.15) is 5.82 Å². The first-order chi connectivity index (χ1) is 9.17. The lowest BCUT2D eigenvalue weighted by Gasteiger charge is -2.03. The number of rotatable bonds is 2. The van der Waals surface area contributed by atoms with E-state index in [0.717, 1.165) is 45.9 Å². The lowest BCUT2D eigenvalue weighted by Crippen LogP contribution is -1.98. The van der Waals surface area contributed by atoms with Crippen LogP contribution in [0.3, 0.4) is 0 Å². The Morgan fingerprint density at radius 3 is 2.84 bits per heavy atom. The van der Waals surface area contributed by atoms with Crippen molar-refractivity contribution in [2.75, 3.05) is 5.73 Å². The number of aromatic amines is 1. The molecule has 2 heterocycles. The fourth-order valence-corrected chi connectivity index (χ4v) is 2.14. The molecule has 3 N–H and O–H groups in total. The number of hydrogen-bond donors (Lipinski definition) is 2. The standard InChI is InChI=1S/C14H15N5/c1-3-11-10(6-8(2)18-19-11)14-16-12-5-4-9(15)7-13(12)17-14/h4-7H,3,15H2,1-2H3,(H,16,17). The minimum atomic E-state index is 0.724. The van der Waals surface area contributed by atoms with Crippen LogP contribution in [0.1, 0.15) is 18.3 Å². The normalized spacial score (nSPS) is 11.1. The molecule has 96 valence electrons. The highest BCUT2D eigenvalue weighted by atomic mass is 15.1. The first-order valence-corrected chi connectivity index (χ1v) is 6.26. The molecule has 0 amide bonds. The zero-order valence-electron chi connectivity index (χ0n) is 10.9. The van der Waals surface area contributed by atoms with Crippen LogP contribution in [0.2, 0.25) is 0 Å². The molecule has 0 aliphatic heterocycles. The Labute approximate surface area is 110 Å². The molecule has 0 aliphatic rings. The second-order valence-corrected chi connectivity index (χ2v) is 4.56. The smallest absolute Gasteiger partial charge is 0.140 e. The Balaban J connectivity index is 2.21. The van der Waals surface area contributed by atoms with Crippen molar-refractivity contribution < 1.29 is 0 Å². The number of nitrogens with one attached hydrogen (secondary N) is 1. The fourth-order valence-electron chi connectivity index (χ4n) is 2.14. The van der Waals surface area contributed by atoms with Crippen molar-refractivity contribution in [3.8, 4) is 11.4 Å². The van der Waals surface area contributed by atoms with Crippen molar-refractivity contribution in [1.82, 2.24) is 20.2 Å². The summed E-state index contributed by atoms with van der Waals surface area (Å²) in [4.78, 5) is 7.89. The van der Waals surface area contributed by atoms with Gasteiger partial charge in [-0.15, -0.1) is 0 Å². The van der Waals surface area contributed by atoms with E-state index in [9.17, 15) is 0 Å². The lowest BCUT2D eigenvalue weighted by atomic mass is 10.1. The number of imidazole rings is 1. The van der Waals surface area contributed by atoms with Gasteiger partial charge in [0.15, 0.2) is 0 Å². The number of hydrogen-bond acceptors (Lipinski definition) is 4. The summed E-state index contributed by atoms with van der Waals surface area (Å²) in [7, 11) is 0. The highest BCUT2D eigenvalue weighted by Crippen LogP contribution is 2.24. The maximum absolute atomic E-state index is 5.78. The molecule has 1 aromatic carbocycles. The van der Waals surface area contributed by atoms with Crippen molar-refractivity contribution in [2.24, 2.45) is 0 Å². The second kappa shape index (κ2) is 4.35. The molecule has 0 spiro atoms. The highest BCUT2D eigenvalue weighted by molar-refractivity contribution is 5.82. The summed E-state index contributed by atoms with van der Waals surface area (Å²) < 4.78 is 0. The molecule has 0 bridgehead atoms. The maximum Gasteiger partial charge on any atom is 0.140 e. The topological polar surface area (TPSA) is 80.5 Å². The third-order valence-electron chi connectivity index (χ3n) is 3.09. The molecule has 19 heavy (non-hydrogen) atoms. The monoisotopic (exact) mass is 253 g/mol. The van der Waals surface area contributed by atoms with Gasteiger partial charge in [0.05, 0.1) is 22.4 Å². The molecule has 5 nitrogen and oxygen atoms in total. The van der Waals surface area contributed by atoms with E-state index in [1.54, 1.807) is 0 Å². The number of H-pyrrole nitrogens is 1. The Kier molecular flexibility index (Phi) is 2.67. The minimum Gasteiger partial charge on any atom is -0.399 e. The zero-order chi connectivity index (χ0) is 13.4. The summed E-state index contributed by atoms with van der Waals surface area (Å²) in [6, 6.07) is 7.66. The summed E-state index contributed by atoms with van der Waals surface area (Å²) in [5, 5.41) is 8.32. The fraction of sp³-hybridized carbons (Fsp3) is 0.214. The van der Waals surface area contributed by atoms with Crippen molar-refractivity contribution in [1.29, 1.82) is 0 Å². The van der Waals surface area contributed by atoms with Crippen LogP contribution in [-0.4, -0.2) is 20.2 Å². The van der Waals surface area contributed by atoms with Crippen LogP contribution in [-0.2, 0) is 6.42 Å². The number of benzene rings is 1. The predicted octanol–water partition coefficient (Wildman–Crippen LogP) is 2.47. The summed E-state index contributed by atoms with van der Waals surface area (Å²) in [6.45, 7) is 3.99. The van der Waals surface area contributed by atoms with Gasteiger partial charge in [-0.1, -0.05) is 6.92 Å². The number of nitrogen functional groups attached to an aromatic ring is 1. The van der Waals surface area contributed by atoms with Crippen LogP contribution >= 0.6 is 0 Å². The summed E-state index contributed by atoms with van der Waals surface area (Å²) in [6.07, 6.45) is 0.821. The van der Waals surface area contributed by atoms with Gasteiger partial charge < -0.3 is 10.7 Å². The van der Waals surface area contributed by atoms with Gasteiger partial charge in [0, 0.05) is 11.3 Å². The molecule has 0 unspecified atom stereocenters. The van der Waals surface area contributed by atoms with Crippen molar-refractivity contribution in [3.05, 3.63) is 35.7 Å². The number of aromatic nitrogens is 4. The van der Waals surface area contributed by atoms with Crippen LogP contribution in [0.15, 0.2) is 24.3 Å². The Morgan fingerprint density at radius 1 is 1.21 bits per heavy atom. The van der Waals surface area contributed by atoms with Crippen LogP contribution in [0, 0.1) is 6.92 Å². The average Bonchev–Trinajstić information content (AvgIpc) is 2.81. The Morgan fingerprint density at radius 2 is 2.05 bits per heavy atom. The van der Waals surface area contributed by atoms with E-state index in [0.29, 0.717) is 0 Å². The van der Waals surface area contributed by atoms with Crippen molar-refractivity contribution in [2.45, 2.75) is 20.3 Å². The van der Waals surface area contributed by atoms with E-state index in [1.165, 1.54) is 0 Å². The molecule has 3 rings (SSSR count). The minimum absolute atomic E-state index is 0.724. The Hall–Kier alpha value is -2.43. The molecule has 0 fully saturated rings. The van der Waals surface area contributed by atoms with Crippen molar-refractivity contribution >= 4 is 16.7 Å². The summed E-state index contributed by atoms with van der Waals surface area (Å²) in [5.41, 5.74) is 11.2. The van der Waals surface area contributed by atoms with Crippen LogP contribution < -0.4 is 5.73 Å². The largest absolute Gasteiger partial charge is 0.399 e. The van der Waals surface area contributed by atoms with Crippen LogP contribution in [0.4, 0.5) is 5.69 Å². The van der Waals surface area contributed by atoms with E-state index in [1.807, 2.05) is 31.2 Å².